The van der Waals surface area contributed by atoms with Crippen molar-refractivity contribution < 1.29 is 14.3 Å². The Kier molecular flexibility index (Phi) is 3.91. The van der Waals surface area contributed by atoms with Crippen LogP contribution in [-0.2, 0) is 4.74 Å². The molecule has 0 bridgehead atoms. The van der Waals surface area contributed by atoms with E-state index in [4.69, 9.17) is 9.47 Å². The van der Waals surface area contributed by atoms with E-state index in [1.807, 2.05) is 20.8 Å². The molecule has 88 valence electrons. The maximum atomic E-state index is 11.8. The zero-order chi connectivity index (χ0) is 12.3. The molecule has 0 spiro atoms. The Morgan fingerprint density at radius 1 is 1.38 bits per heavy atom. The van der Waals surface area contributed by atoms with Gasteiger partial charge in [-0.25, -0.2) is 9.78 Å². The van der Waals surface area contributed by atoms with Crippen LogP contribution >= 0.6 is 15.9 Å². The molecule has 0 aliphatic carbocycles. The summed E-state index contributed by atoms with van der Waals surface area (Å²) < 4.78 is 10.9. The molecular weight excluding hydrogens is 274 g/mol. The molecule has 0 aliphatic rings. The van der Waals surface area contributed by atoms with E-state index in [0.29, 0.717) is 10.2 Å². The number of nitrogens with zero attached hydrogens (tertiary/aromatic N) is 1. The summed E-state index contributed by atoms with van der Waals surface area (Å²) in [4.78, 5) is 15.8. The van der Waals surface area contributed by atoms with Gasteiger partial charge in [0.15, 0.2) is 0 Å². The summed E-state index contributed by atoms with van der Waals surface area (Å²) in [6.45, 7) is 5.43. The molecule has 0 aromatic carbocycles. The van der Waals surface area contributed by atoms with Crippen molar-refractivity contribution in [2.24, 2.45) is 0 Å². The second-order valence-electron chi connectivity index (χ2n) is 4.19. The molecule has 1 rings (SSSR count). The SMILES string of the molecule is COc1nc(Br)ccc1C(=O)OC(C)(C)C. The number of ether oxygens (including phenoxy) is 2. The molecule has 1 heterocycles. The third-order valence-electron chi connectivity index (χ3n) is 1.64. The van der Waals surface area contributed by atoms with E-state index >= 15 is 0 Å². The van der Waals surface area contributed by atoms with Crippen molar-refractivity contribution in [1.82, 2.24) is 4.98 Å². The van der Waals surface area contributed by atoms with Gasteiger partial charge < -0.3 is 9.47 Å². The van der Waals surface area contributed by atoms with Crippen LogP contribution in [0, 0.1) is 0 Å². The summed E-state index contributed by atoms with van der Waals surface area (Å²) in [7, 11) is 1.46. The third-order valence-corrected chi connectivity index (χ3v) is 2.08. The van der Waals surface area contributed by atoms with E-state index < -0.39 is 11.6 Å². The zero-order valence-corrected chi connectivity index (χ0v) is 11.3. The fourth-order valence-corrected chi connectivity index (χ4v) is 1.36. The van der Waals surface area contributed by atoms with Crippen molar-refractivity contribution in [1.29, 1.82) is 0 Å². The van der Waals surface area contributed by atoms with Crippen LogP contribution < -0.4 is 4.74 Å². The maximum absolute atomic E-state index is 11.8. The number of esters is 1. The van der Waals surface area contributed by atoms with Gasteiger partial charge in [0.2, 0.25) is 5.88 Å². The lowest BCUT2D eigenvalue weighted by Crippen LogP contribution is -2.24. The van der Waals surface area contributed by atoms with E-state index in [2.05, 4.69) is 20.9 Å². The van der Waals surface area contributed by atoms with Crippen molar-refractivity contribution in [3.63, 3.8) is 0 Å². The highest BCUT2D eigenvalue weighted by Gasteiger charge is 2.21. The number of methoxy groups -OCH3 is 1. The minimum absolute atomic E-state index is 0.253. The van der Waals surface area contributed by atoms with Crippen LogP contribution in [0.1, 0.15) is 31.1 Å². The van der Waals surface area contributed by atoms with Gasteiger partial charge in [-0.15, -0.1) is 0 Å². The van der Waals surface area contributed by atoms with E-state index in [0.717, 1.165) is 0 Å². The first-order valence-corrected chi connectivity index (χ1v) is 5.56. The van der Waals surface area contributed by atoms with Gasteiger partial charge in [-0.1, -0.05) is 0 Å². The fraction of sp³-hybridized carbons (Fsp3) is 0.455. The molecule has 1 aromatic rings. The van der Waals surface area contributed by atoms with Gasteiger partial charge in [0.1, 0.15) is 15.8 Å². The Balaban J connectivity index is 2.99. The molecule has 0 fully saturated rings. The summed E-state index contributed by atoms with van der Waals surface area (Å²) >= 11 is 3.20. The monoisotopic (exact) mass is 287 g/mol. The standard InChI is InChI=1S/C11H14BrNO3/c1-11(2,3)16-10(14)7-5-6-8(12)13-9(7)15-4/h5-6H,1-4H3. The normalized spacial score (nSPS) is 11.1. The first-order chi connectivity index (χ1) is 7.33. The van der Waals surface area contributed by atoms with Crippen LogP contribution in [0.2, 0.25) is 0 Å². The van der Waals surface area contributed by atoms with Crippen LogP contribution in [0.15, 0.2) is 16.7 Å². The number of aromatic nitrogens is 1. The van der Waals surface area contributed by atoms with Gasteiger partial charge >= 0.3 is 5.97 Å². The highest BCUT2D eigenvalue weighted by Crippen LogP contribution is 2.21. The molecule has 16 heavy (non-hydrogen) atoms. The van der Waals surface area contributed by atoms with E-state index in [1.165, 1.54) is 7.11 Å². The number of halogens is 1. The maximum Gasteiger partial charge on any atom is 0.344 e. The summed E-state index contributed by atoms with van der Waals surface area (Å²) in [5.41, 5.74) is -0.213. The largest absolute Gasteiger partial charge is 0.480 e. The lowest BCUT2D eigenvalue weighted by atomic mass is 10.2. The van der Waals surface area contributed by atoms with Crippen molar-refractivity contribution in [2.75, 3.05) is 7.11 Å². The van der Waals surface area contributed by atoms with E-state index in [9.17, 15) is 4.79 Å². The number of hydrogen-bond donors (Lipinski definition) is 0. The Morgan fingerprint density at radius 2 is 2.00 bits per heavy atom. The molecule has 0 unspecified atom stereocenters. The summed E-state index contributed by atoms with van der Waals surface area (Å²) in [6.07, 6.45) is 0. The Morgan fingerprint density at radius 3 is 2.50 bits per heavy atom. The first-order valence-electron chi connectivity index (χ1n) is 4.77. The highest BCUT2D eigenvalue weighted by molar-refractivity contribution is 9.10. The van der Waals surface area contributed by atoms with Gasteiger partial charge in [-0.05, 0) is 48.8 Å². The van der Waals surface area contributed by atoms with Gasteiger partial charge in [-0.2, -0.15) is 0 Å². The van der Waals surface area contributed by atoms with Crippen molar-refractivity contribution in [3.8, 4) is 5.88 Å². The lowest BCUT2D eigenvalue weighted by molar-refractivity contribution is 0.00657. The molecule has 0 atom stereocenters. The van der Waals surface area contributed by atoms with Crippen LogP contribution in [0.25, 0.3) is 0 Å². The zero-order valence-electron chi connectivity index (χ0n) is 9.70. The third kappa shape index (κ3) is 3.48. The minimum Gasteiger partial charge on any atom is -0.480 e. The Bertz CT molecular complexity index is 399. The van der Waals surface area contributed by atoms with Crippen molar-refractivity contribution in [2.45, 2.75) is 26.4 Å². The lowest BCUT2D eigenvalue weighted by Gasteiger charge is -2.19. The molecule has 0 saturated carbocycles. The summed E-state index contributed by atoms with van der Waals surface area (Å²) in [6, 6.07) is 3.28. The second kappa shape index (κ2) is 4.82. The van der Waals surface area contributed by atoms with Crippen LogP contribution in [0.4, 0.5) is 0 Å². The number of carbonyl (C=O) groups is 1. The predicted molar refractivity (Wildman–Crippen MR) is 63.7 cm³/mol. The van der Waals surface area contributed by atoms with E-state index in [1.54, 1.807) is 12.1 Å². The van der Waals surface area contributed by atoms with Gasteiger partial charge in [0, 0.05) is 0 Å². The molecule has 0 N–H and O–H groups in total. The van der Waals surface area contributed by atoms with Gasteiger partial charge in [-0.3, -0.25) is 0 Å². The van der Waals surface area contributed by atoms with Crippen molar-refractivity contribution >= 4 is 21.9 Å². The minimum atomic E-state index is -0.533. The van der Waals surface area contributed by atoms with E-state index in [-0.39, 0.29) is 5.88 Å². The number of carbonyl (C=O) groups excluding carboxylic acids is 1. The number of pyridine rings is 1. The molecule has 0 radical (unpaired) electrons. The smallest absolute Gasteiger partial charge is 0.344 e. The molecule has 0 saturated heterocycles. The second-order valence-corrected chi connectivity index (χ2v) is 5.01. The highest BCUT2D eigenvalue weighted by atomic mass is 79.9. The predicted octanol–water partition coefficient (Wildman–Crippen LogP) is 2.81. The average Bonchev–Trinajstić information content (AvgIpc) is 2.14. The quantitative estimate of drug-likeness (QED) is 0.620. The van der Waals surface area contributed by atoms with Crippen LogP contribution in [0.5, 0.6) is 5.88 Å². The van der Waals surface area contributed by atoms with Crippen LogP contribution in [-0.4, -0.2) is 23.7 Å². The molecular formula is C11H14BrNO3. The average molecular weight is 288 g/mol. The first kappa shape index (κ1) is 13.0. The molecule has 5 heteroatoms. The van der Waals surface area contributed by atoms with Gasteiger partial charge in [0.25, 0.3) is 0 Å². The Labute approximate surface area is 103 Å². The fourth-order valence-electron chi connectivity index (χ4n) is 1.06. The molecule has 0 aliphatic heterocycles. The molecule has 1 aromatic heterocycles. The number of hydrogen-bond acceptors (Lipinski definition) is 4. The molecule has 4 nitrogen and oxygen atoms in total. The van der Waals surface area contributed by atoms with Crippen molar-refractivity contribution in [3.05, 3.63) is 22.3 Å². The molecule has 0 amide bonds. The topological polar surface area (TPSA) is 48.4 Å². The van der Waals surface area contributed by atoms with Gasteiger partial charge in [0.05, 0.1) is 7.11 Å². The Hall–Kier alpha value is -1.10. The number of rotatable bonds is 2. The summed E-state index contributed by atoms with van der Waals surface area (Å²) in [5, 5.41) is 0. The van der Waals surface area contributed by atoms with Crippen LogP contribution in [0.3, 0.4) is 0 Å². The summed E-state index contributed by atoms with van der Waals surface area (Å²) in [5.74, 6) is -0.187.